The molecule has 2 aliphatic carbocycles. The molecule has 0 unspecified atom stereocenters. The number of aryl methyl sites for hydroxylation is 1. The van der Waals surface area contributed by atoms with Gasteiger partial charge in [-0.2, -0.15) is 0 Å². The number of allylic oxidation sites excluding steroid dienone is 4. The minimum absolute atomic E-state index is 0.0279. The van der Waals surface area contributed by atoms with Crippen molar-refractivity contribution >= 4 is 17.5 Å². The zero-order valence-corrected chi connectivity index (χ0v) is 13.0. The average Bonchev–Trinajstić information content (AvgIpc) is 3.11. The molecule has 3 heteroatoms. The number of para-hydroxylation sites is 1. The number of benzene rings is 1. The maximum atomic E-state index is 13.0. The van der Waals surface area contributed by atoms with Crippen LogP contribution in [0.1, 0.15) is 19.4 Å². The van der Waals surface area contributed by atoms with Crippen LogP contribution in [0.2, 0.25) is 0 Å². The summed E-state index contributed by atoms with van der Waals surface area (Å²) in [4.78, 5) is 27.3. The SMILES string of the molecule is CC(C)=C1[C@H]2C=C[C@@H]1[C@@H]1C(=O)N(c3ccccc3C)C(=O)[C@H]12. The zero-order valence-electron chi connectivity index (χ0n) is 13.0. The number of hydrogen-bond donors (Lipinski definition) is 0. The maximum absolute atomic E-state index is 13.0. The molecule has 0 aromatic heterocycles. The van der Waals surface area contributed by atoms with Crippen LogP contribution in [0.15, 0.2) is 47.6 Å². The van der Waals surface area contributed by atoms with Crippen molar-refractivity contribution in [3.05, 3.63) is 53.1 Å². The van der Waals surface area contributed by atoms with Gasteiger partial charge >= 0.3 is 0 Å². The number of fused-ring (bicyclic) bond motifs is 5. The quantitative estimate of drug-likeness (QED) is 0.589. The lowest BCUT2D eigenvalue weighted by atomic mass is 9.85. The monoisotopic (exact) mass is 293 g/mol. The van der Waals surface area contributed by atoms with E-state index >= 15 is 0 Å². The zero-order chi connectivity index (χ0) is 15.6. The van der Waals surface area contributed by atoms with Crippen LogP contribution in [0, 0.1) is 30.6 Å². The fourth-order valence-electron chi connectivity index (χ4n) is 4.48. The van der Waals surface area contributed by atoms with Crippen molar-refractivity contribution in [3.8, 4) is 0 Å². The number of rotatable bonds is 1. The molecule has 2 bridgehead atoms. The third-order valence-corrected chi connectivity index (χ3v) is 5.35. The first-order valence-corrected chi connectivity index (χ1v) is 7.81. The molecule has 1 aromatic carbocycles. The van der Waals surface area contributed by atoms with Crippen LogP contribution in [0.25, 0.3) is 0 Å². The maximum Gasteiger partial charge on any atom is 0.238 e. The number of imide groups is 1. The molecule has 1 heterocycles. The van der Waals surface area contributed by atoms with Gasteiger partial charge in [0.25, 0.3) is 0 Å². The van der Waals surface area contributed by atoms with Gasteiger partial charge in [0.1, 0.15) is 0 Å². The highest BCUT2D eigenvalue weighted by Gasteiger charge is 2.61. The van der Waals surface area contributed by atoms with E-state index < -0.39 is 0 Å². The third-order valence-electron chi connectivity index (χ3n) is 5.35. The number of carbonyl (C=O) groups is 2. The van der Waals surface area contributed by atoms with Gasteiger partial charge < -0.3 is 0 Å². The summed E-state index contributed by atoms with van der Waals surface area (Å²) in [6.45, 7) is 6.10. The van der Waals surface area contributed by atoms with Gasteiger partial charge in [-0.1, -0.05) is 41.5 Å². The first kappa shape index (κ1) is 13.5. The van der Waals surface area contributed by atoms with Gasteiger partial charge in [-0.15, -0.1) is 0 Å². The van der Waals surface area contributed by atoms with Crippen LogP contribution in [-0.4, -0.2) is 11.8 Å². The van der Waals surface area contributed by atoms with Crippen LogP contribution in [-0.2, 0) is 9.59 Å². The van der Waals surface area contributed by atoms with Crippen LogP contribution in [0.5, 0.6) is 0 Å². The molecule has 0 N–H and O–H groups in total. The van der Waals surface area contributed by atoms with Gasteiger partial charge in [0.05, 0.1) is 17.5 Å². The number of carbonyl (C=O) groups excluding carboxylic acids is 2. The lowest BCUT2D eigenvalue weighted by molar-refractivity contribution is -0.122. The molecule has 1 saturated carbocycles. The highest BCUT2D eigenvalue weighted by Crippen LogP contribution is 2.57. The molecule has 1 saturated heterocycles. The summed E-state index contributed by atoms with van der Waals surface area (Å²) in [6, 6.07) is 7.62. The number of nitrogens with zero attached hydrogens (tertiary/aromatic N) is 1. The Morgan fingerprint density at radius 1 is 0.955 bits per heavy atom. The molecule has 1 aliphatic heterocycles. The molecule has 2 amide bonds. The van der Waals surface area contributed by atoms with E-state index in [4.69, 9.17) is 0 Å². The van der Waals surface area contributed by atoms with E-state index in [1.165, 1.54) is 16.0 Å². The third kappa shape index (κ3) is 1.51. The largest absolute Gasteiger partial charge is 0.274 e. The summed E-state index contributed by atoms with van der Waals surface area (Å²) in [5.74, 6) is -0.227. The fourth-order valence-corrected chi connectivity index (χ4v) is 4.48. The van der Waals surface area contributed by atoms with Crippen LogP contribution < -0.4 is 4.90 Å². The van der Waals surface area contributed by atoms with Gasteiger partial charge in [-0.05, 0) is 32.4 Å². The second kappa shape index (κ2) is 4.42. The predicted molar refractivity (Wildman–Crippen MR) is 85.1 cm³/mol. The fraction of sp³-hybridized carbons (Fsp3) is 0.368. The molecule has 3 nitrogen and oxygen atoms in total. The Bertz CT molecular complexity index is 720. The molecular formula is C19H19NO2. The molecule has 0 spiro atoms. The summed E-state index contributed by atoms with van der Waals surface area (Å²) in [5.41, 5.74) is 4.25. The van der Waals surface area contributed by atoms with Gasteiger partial charge in [0.2, 0.25) is 11.8 Å². The summed E-state index contributed by atoms with van der Waals surface area (Å²) >= 11 is 0. The van der Waals surface area contributed by atoms with E-state index in [-0.39, 0.29) is 35.5 Å². The summed E-state index contributed by atoms with van der Waals surface area (Å²) in [6.07, 6.45) is 4.25. The van der Waals surface area contributed by atoms with Crippen molar-refractivity contribution in [2.45, 2.75) is 20.8 Å². The molecular weight excluding hydrogens is 274 g/mol. The van der Waals surface area contributed by atoms with Crippen molar-refractivity contribution < 1.29 is 9.59 Å². The van der Waals surface area contributed by atoms with Crippen LogP contribution in [0.4, 0.5) is 5.69 Å². The summed E-state index contributed by atoms with van der Waals surface area (Å²) in [5, 5.41) is 0. The van der Waals surface area contributed by atoms with Crippen molar-refractivity contribution in [2.24, 2.45) is 23.7 Å². The minimum atomic E-state index is -0.202. The normalized spacial score (nSPS) is 32.1. The van der Waals surface area contributed by atoms with E-state index in [1.807, 2.05) is 31.2 Å². The Balaban J connectivity index is 1.80. The van der Waals surface area contributed by atoms with Crippen molar-refractivity contribution in [2.75, 3.05) is 4.90 Å². The smallest absolute Gasteiger partial charge is 0.238 e. The Labute approximate surface area is 130 Å². The molecule has 1 aromatic rings. The second-order valence-electron chi connectivity index (χ2n) is 6.74. The molecule has 0 radical (unpaired) electrons. The van der Waals surface area contributed by atoms with E-state index in [9.17, 15) is 9.59 Å². The van der Waals surface area contributed by atoms with Crippen molar-refractivity contribution in [1.82, 2.24) is 0 Å². The molecule has 112 valence electrons. The minimum Gasteiger partial charge on any atom is -0.274 e. The lowest BCUT2D eigenvalue weighted by Gasteiger charge is -2.20. The Morgan fingerprint density at radius 3 is 2.00 bits per heavy atom. The Morgan fingerprint density at radius 2 is 1.50 bits per heavy atom. The number of amides is 2. The van der Waals surface area contributed by atoms with Gasteiger partial charge in [0.15, 0.2) is 0 Å². The average molecular weight is 293 g/mol. The van der Waals surface area contributed by atoms with Gasteiger partial charge in [0, 0.05) is 11.8 Å². The molecule has 22 heavy (non-hydrogen) atoms. The van der Waals surface area contributed by atoms with E-state index in [1.54, 1.807) is 0 Å². The first-order chi connectivity index (χ1) is 10.5. The first-order valence-electron chi connectivity index (χ1n) is 7.81. The lowest BCUT2D eigenvalue weighted by Crippen LogP contribution is -2.33. The Hall–Kier alpha value is -2.16. The standard InChI is InChI=1S/C19H19NO2/c1-10(2)15-12-8-9-13(15)17-16(12)18(21)20(19(17)22)14-7-5-4-6-11(14)3/h4-9,12-13,16-17H,1-3H3/t12-,13+,16-,17-/m0/s1. The molecule has 4 rings (SSSR count). The topological polar surface area (TPSA) is 37.4 Å². The van der Waals surface area contributed by atoms with Crippen LogP contribution >= 0.6 is 0 Å². The Kier molecular flexibility index (Phi) is 2.71. The van der Waals surface area contributed by atoms with E-state index in [2.05, 4.69) is 26.0 Å². The predicted octanol–water partition coefficient (Wildman–Crippen LogP) is 3.25. The molecule has 3 aliphatic rings. The van der Waals surface area contributed by atoms with Crippen LogP contribution in [0.3, 0.4) is 0 Å². The summed E-state index contributed by atoms with van der Waals surface area (Å²) < 4.78 is 0. The second-order valence-corrected chi connectivity index (χ2v) is 6.74. The van der Waals surface area contributed by atoms with Gasteiger partial charge in [-0.25, -0.2) is 4.90 Å². The summed E-state index contributed by atoms with van der Waals surface area (Å²) in [7, 11) is 0. The van der Waals surface area contributed by atoms with Crippen molar-refractivity contribution in [3.63, 3.8) is 0 Å². The highest BCUT2D eigenvalue weighted by atomic mass is 16.2. The van der Waals surface area contributed by atoms with E-state index in [0.29, 0.717) is 0 Å². The molecule has 4 atom stereocenters. The number of anilines is 1. The number of hydrogen-bond acceptors (Lipinski definition) is 2. The molecule has 2 fully saturated rings. The van der Waals surface area contributed by atoms with Crippen molar-refractivity contribution in [1.29, 1.82) is 0 Å². The van der Waals surface area contributed by atoms with E-state index in [0.717, 1.165) is 11.3 Å². The van der Waals surface area contributed by atoms with Gasteiger partial charge in [-0.3, -0.25) is 9.59 Å². The highest BCUT2D eigenvalue weighted by molar-refractivity contribution is 6.23.